The number of benzene rings is 1. The minimum absolute atomic E-state index is 0.166. The van der Waals surface area contributed by atoms with Crippen LogP contribution in [0.4, 0.5) is 4.79 Å². The van der Waals surface area contributed by atoms with Gasteiger partial charge in [0, 0.05) is 12.6 Å². The zero-order chi connectivity index (χ0) is 14.5. The molecule has 1 aliphatic heterocycles. The number of carbonyl (C=O) groups is 2. The van der Waals surface area contributed by atoms with Crippen LogP contribution in [0.25, 0.3) is 0 Å². The van der Waals surface area contributed by atoms with Crippen molar-refractivity contribution in [3.8, 4) is 0 Å². The van der Waals surface area contributed by atoms with Gasteiger partial charge in [0.15, 0.2) is 0 Å². The van der Waals surface area contributed by atoms with Crippen LogP contribution in [0.1, 0.15) is 12.0 Å². The molecule has 0 saturated carbocycles. The number of esters is 1. The average Bonchev–Trinajstić information content (AvgIpc) is 2.87. The van der Waals surface area contributed by atoms with E-state index in [4.69, 9.17) is 10.5 Å². The predicted molar refractivity (Wildman–Crippen MR) is 71.7 cm³/mol. The maximum atomic E-state index is 12.0. The molecule has 6 heteroatoms. The molecule has 1 heterocycles. The first kappa shape index (κ1) is 14.3. The fourth-order valence-corrected chi connectivity index (χ4v) is 2.23. The van der Waals surface area contributed by atoms with Gasteiger partial charge in [-0.1, -0.05) is 30.3 Å². The molecule has 1 fully saturated rings. The molecule has 2 rings (SSSR count). The van der Waals surface area contributed by atoms with Gasteiger partial charge in [-0.15, -0.1) is 0 Å². The predicted octanol–water partition coefficient (Wildman–Crippen LogP) is 0.898. The second-order valence-electron chi connectivity index (χ2n) is 4.73. The fraction of sp³-hybridized carbons (Fsp3) is 0.429. The highest BCUT2D eigenvalue weighted by atomic mass is 16.6. The number of hydrogen-bond donors (Lipinski definition) is 1. The lowest BCUT2D eigenvalue weighted by atomic mass is 10.2. The molecule has 0 bridgehead atoms. The zero-order valence-corrected chi connectivity index (χ0v) is 11.3. The Labute approximate surface area is 117 Å². The second kappa shape index (κ2) is 6.38. The maximum absolute atomic E-state index is 12.0. The number of nitrogens with zero attached hydrogens (tertiary/aromatic N) is 1. The summed E-state index contributed by atoms with van der Waals surface area (Å²) >= 11 is 0. The van der Waals surface area contributed by atoms with E-state index in [2.05, 4.69) is 4.74 Å². The lowest BCUT2D eigenvalue weighted by Crippen LogP contribution is -2.41. The lowest BCUT2D eigenvalue weighted by Gasteiger charge is -2.21. The van der Waals surface area contributed by atoms with Crippen LogP contribution in [-0.2, 0) is 20.9 Å². The van der Waals surface area contributed by atoms with Gasteiger partial charge in [0.2, 0.25) is 0 Å². The number of methoxy groups -OCH3 is 1. The van der Waals surface area contributed by atoms with Crippen LogP contribution in [0.15, 0.2) is 30.3 Å². The molecule has 2 atom stereocenters. The number of nitrogens with two attached hydrogens (primary N) is 1. The Morgan fingerprint density at radius 3 is 2.70 bits per heavy atom. The van der Waals surface area contributed by atoms with Gasteiger partial charge in [-0.05, 0) is 12.0 Å². The minimum atomic E-state index is -0.654. The molecule has 1 aromatic carbocycles. The van der Waals surface area contributed by atoms with Crippen molar-refractivity contribution in [2.45, 2.75) is 25.1 Å². The molecular weight excluding hydrogens is 260 g/mol. The Balaban J connectivity index is 1.95. The Hall–Kier alpha value is -2.08. The van der Waals surface area contributed by atoms with E-state index in [0.29, 0.717) is 13.0 Å². The second-order valence-corrected chi connectivity index (χ2v) is 4.73. The number of amides is 1. The monoisotopic (exact) mass is 278 g/mol. The van der Waals surface area contributed by atoms with E-state index >= 15 is 0 Å². The van der Waals surface area contributed by atoms with Crippen molar-refractivity contribution < 1.29 is 19.1 Å². The van der Waals surface area contributed by atoms with E-state index in [1.807, 2.05) is 30.3 Å². The summed E-state index contributed by atoms with van der Waals surface area (Å²) in [5.74, 6) is -0.463. The minimum Gasteiger partial charge on any atom is -0.467 e. The average molecular weight is 278 g/mol. The summed E-state index contributed by atoms with van der Waals surface area (Å²) in [5, 5.41) is 0. The van der Waals surface area contributed by atoms with Crippen LogP contribution < -0.4 is 5.73 Å². The third-order valence-electron chi connectivity index (χ3n) is 3.25. The third-order valence-corrected chi connectivity index (χ3v) is 3.25. The summed E-state index contributed by atoms with van der Waals surface area (Å²) in [5.41, 5.74) is 6.68. The topological polar surface area (TPSA) is 81.9 Å². The van der Waals surface area contributed by atoms with Gasteiger partial charge in [-0.25, -0.2) is 9.59 Å². The molecule has 20 heavy (non-hydrogen) atoms. The molecule has 108 valence electrons. The summed E-state index contributed by atoms with van der Waals surface area (Å²) < 4.78 is 9.89. The highest BCUT2D eigenvalue weighted by Crippen LogP contribution is 2.19. The van der Waals surface area contributed by atoms with Crippen molar-refractivity contribution in [3.05, 3.63) is 35.9 Å². The molecule has 0 radical (unpaired) electrons. The van der Waals surface area contributed by atoms with E-state index in [9.17, 15) is 9.59 Å². The van der Waals surface area contributed by atoms with Gasteiger partial charge in [0.05, 0.1) is 7.11 Å². The molecule has 6 nitrogen and oxygen atoms in total. The van der Waals surface area contributed by atoms with Gasteiger partial charge < -0.3 is 15.2 Å². The molecule has 1 aliphatic rings. The molecule has 1 amide bonds. The third kappa shape index (κ3) is 3.27. The Kier molecular flexibility index (Phi) is 4.57. The first-order valence-corrected chi connectivity index (χ1v) is 6.42. The van der Waals surface area contributed by atoms with Gasteiger partial charge >= 0.3 is 12.1 Å². The largest absolute Gasteiger partial charge is 0.467 e. The van der Waals surface area contributed by atoms with Crippen molar-refractivity contribution in [1.82, 2.24) is 4.90 Å². The van der Waals surface area contributed by atoms with Crippen LogP contribution in [-0.4, -0.2) is 42.7 Å². The number of hydrogen-bond acceptors (Lipinski definition) is 5. The maximum Gasteiger partial charge on any atom is 0.410 e. The molecule has 0 aromatic heterocycles. The van der Waals surface area contributed by atoms with Gasteiger partial charge in [-0.2, -0.15) is 0 Å². The fourth-order valence-electron chi connectivity index (χ4n) is 2.23. The Morgan fingerprint density at radius 1 is 1.35 bits per heavy atom. The summed E-state index contributed by atoms with van der Waals surface area (Å²) in [6.07, 6.45) is -0.148. The molecule has 1 saturated heterocycles. The summed E-state index contributed by atoms with van der Waals surface area (Å²) in [6, 6.07) is 8.46. The SMILES string of the molecule is COC(=O)[C@H]1C[C@@H](N)CN1C(=O)OCc1ccccc1. The number of ether oxygens (including phenoxy) is 2. The lowest BCUT2D eigenvalue weighted by molar-refractivity contribution is -0.145. The number of likely N-dealkylation sites (tertiary alicyclic amines) is 1. The Morgan fingerprint density at radius 2 is 2.05 bits per heavy atom. The van der Waals surface area contributed by atoms with Crippen molar-refractivity contribution >= 4 is 12.1 Å². The van der Waals surface area contributed by atoms with E-state index < -0.39 is 18.1 Å². The Bertz CT molecular complexity index is 477. The van der Waals surface area contributed by atoms with Gasteiger partial charge in [0.1, 0.15) is 12.6 Å². The highest BCUT2D eigenvalue weighted by Gasteiger charge is 2.39. The molecular formula is C14H18N2O4. The molecule has 1 aromatic rings. The van der Waals surface area contributed by atoms with Crippen LogP contribution >= 0.6 is 0 Å². The standard InChI is InChI=1S/C14H18N2O4/c1-19-13(17)12-7-11(15)8-16(12)14(18)20-9-10-5-3-2-4-6-10/h2-6,11-12H,7-9,15H2,1H3/t11-,12-/m1/s1. The van der Waals surface area contributed by atoms with Crippen LogP contribution in [0.2, 0.25) is 0 Å². The highest BCUT2D eigenvalue weighted by molar-refractivity contribution is 5.82. The zero-order valence-electron chi connectivity index (χ0n) is 11.3. The number of rotatable bonds is 3. The smallest absolute Gasteiger partial charge is 0.410 e. The summed E-state index contributed by atoms with van der Waals surface area (Å²) in [4.78, 5) is 25.0. The van der Waals surface area contributed by atoms with E-state index in [1.165, 1.54) is 12.0 Å². The van der Waals surface area contributed by atoms with E-state index in [-0.39, 0.29) is 12.6 Å². The van der Waals surface area contributed by atoms with Gasteiger partial charge in [0.25, 0.3) is 0 Å². The molecule has 2 N–H and O–H groups in total. The molecule has 0 unspecified atom stereocenters. The molecule has 0 aliphatic carbocycles. The van der Waals surface area contributed by atoms with Crippen molar-refractivity contribution in [2.75, 3.05) is 13.7 Å². The van der Waals surface area contributed by atoms with E-state index in [0.717, 1.165) is 5.56 Å². The van der Waals surface area contributed by atoms with Crippen LogP contribution in [0.5, 0.6) is 0 Å². The van der Waals surface area contributed by atoms with Crippen LogP contribution in [0, 0.1) is 0 Å². The number of carbonyl (C=O) groups excluding carboxylic acids is 2. The van der Waals surface area contributed by atoms with Gasteiger partial charge in [-0.3, -0.25) is 4.90 Å². The normalized spacial score (nSPS) is 21.6. The molecule has 0 spiro atoms. The van der Waals surface area contributed by atoms with Crippen LogP contribution in [0.3, 0.4) is 0 Å². The first-order chi connectivity index (χ1) is 9.61. The van der Waals surface area contributed by atoms with Crippen molar-refractivity contribution in [3.63, 3.8) is 0 Å². The van der Waals surface area contributed by atoms with E-state index in [1.54, 1.807) is 0 Å². The first-order valence-electron chi connectivity index (χ1n) is 6.42. The quantitative estimate of drug-likeness (QED) is 0.831. The van der Waals surface area contributed by atoms with Crippen molar-refractivity contribution in [2.24, 2.45) is 5.73 Å². The summed E-state index contributed by atoms with van der Waals surface area (Å²) in [7, 11) is 1.29. The summed E-state index contributed by atoms with van der Waals surface area (Å²) in [6.45, 7) is 0.465. The van der Waals surface area contributed by atoms with Crippen molar-refractivity contribution in [1.29, 1.82) is 0 Å².